The van der Waals surface area contributed by atoms with E-state index < -0.39 is 0 Å². The van der Waals surface area contributed by atoms with E-state index in [0.717, 1.165) is 44.7 Å². The molecule has 1 aromatic rings. The van der Waals surface area contributed by atoms with Crippen LogP contribution in [-0.4, -0.2) is 49.6 Å². The van der Waals surface area contributed by atoms with E-state index >= 15 is 0 Å². The minimum absolute atomic E-state index is 0.192. The summed E-state index contributed by atoms with van der Waals surface area (Å²) in [5, 5.41) is 3.40. The molecule has 0 bridgehead atoms. The average molecular weight is 287 g/mol. The molecule has 3 rings (SSSR count). The van der Waals surface area contributed by atoms with Crippen LogP contribution in [0.2, 0.25) is 0 Å². The number of nitrogens with one attached hydrogen (secondary N) is 1. The molecule has 0 spiro atoms. The van der Waals surface area contributed by atoms with Gasteiger partial charge >= 0.3 is 0 Å². The first-order valence-electron chi connectivity index (χ1n) is 8.11. The Morgan fingerprint density at radius 2 is 1.95 bits per heavy atom. The fourth-order valence-corrected chi connectivity index (χ4v) is 3.67. The summed E-state index contributed by atoms with van der Waals surface area (Å²) in [6, 6.07) is 8.50. The molecule has 2 atom stereocenters. The van der Waals surface area contributed by atoms with Crippen LogP contribution in [0.5, 0.6) is 0 Å². The lowest BCUT2D eigenvalue weighted by molar-refractivity contribution is 0.0737. The van der Waals surface area contributed by atoms with E-state index in [-0.39, 0.29) is 5.91 Å². The van der Waals surface area contributed by atoms with E-state index in [9.17, 15) is 4.79 Å². The lowest BCUT2D eigenvalue weighted by atomic mass is 10.0. The fourth-order valence-electron chi connectivity index (χ4n) is 3.67. The van der Waals surface area contributed by atoms with Crippen LogP contribution in [0.3, 0.4) is 0 Å². The maximum Gasteiger partial charge on any atom is 0.254 e. The van der Waals surface area contributed by atoms with Crippen molar-refractivity contribution in [1.29, 1.82) is 0 Å². The number of likely N-dealkylation sites (tertiary alicyclic amines) is 1. The van der Waals surface area contributed by atoms with Crippen molar-refractivity contribution >= 4 is 11.6 Å². The van der Waals surface area contributed by atoms with E-state index in [0.29, 0.717) is 12.0 Å². The van der Waals surface area contributed by atoms with Crippen molar-refractivity contribution in [2.75, 3.05) is 37.6 Å². The van der Waals surface area contributed by atoms with Crippen LogP contribution in [0.15, 0.2) is 24.3 Å². The summed E-state index contributed by atoms with van der Waals surface area (Å²) in [5.74, 6) is 0.848. The summed E-state index contributed by atoms with van der Waals surface area (Å²) in [6.07, 6.45) is 1.14. The van der Waals surface area contributed by atoms with Gasteiger partial charge in [0.25, 0.3) is 5.91 Å². The Balaban J connectivity index is 1.73. The Morgan fingerprint density at radius 3 is 2.62 bits per heavy atom. The Hall–Kier alpha value is -1.55. The second kappa shape index (κ2) is 6.06. The van der Waals surface area contributed by atoms with Crippen molar-refractivity contribution in [3.8, 4) is 0 Å². The predicted octanol–water partition coefficient (Wildman–Crippen LogP) is 1.97. The number of carbonyl (C=O) groups excluding carboxylic acids is 1. The summed E-state index contributed by atoms with van der Waals surface area (Å²) in [6.45, 7) is 9.22. The zero-order chi connectivity index (χ0) is 14.8. The third kappa shape index (κ3) is 2.64. The largest absolute Gasteiger partial charge is 0.372 e. The van der Waals surface area contributed by atoms with E-state index in [1.54, 1.807) is 0 Å². The third-order valence-corrected chi connectivity index (χ3v) is 4.95. The summed E-state index contributed by atoms with van der Waals surface area (Å²) < 4.78 is 0. The molecule has 2 saturated heterocycles. The molecule has 1 N–H and O–H groups in total. The molecule has 1 amide bonds. The number of anilines is 1. The summed E-state index contributed by atoms with van der Waals surface area (Å²) in [5.41, 5.74) is 2.01. The van der Waals surface area contributed by atoms with Gasteiger partial charge in [-0.25, -0.2) is 0 Å². The normalized spacial score (nSPS) is 24.2. The fraction of sp³-hybridized carbons (Fsp3) is 0.588. The van der Waals surface area contributed by atoms with Crippen molar-refractivity contribution in [2.24, 2.45) is 5.92 Å². The number of hydrogen-bond donors (Lipinski definition) is 1. The summed E-state index contributed by atoms with van der Waals surface area (Å²) in [7, 11) is 0. The topological polar surface area (TPSA) is 35.6 Å². The van der Waals surface area contributed by atoms with Crippen molar-refractivity contribution in [3.05, 3.63) is 29.8 Å². The Morgan fingerprint density at radius 1 is 1.24 bits per heavy atom. The van der Waals surface area contributed by atoms with E-state index in [4.69, 9.17) is 0 Å². The Bertz CT molecular complexity index is 495. The maximum absolute atomic E-state index is 12.7. The van der Waals surface area contributed by atoms with Crippen molar-refractivity contribution < 1.29 is 4.79 Å². The molecule has 114 valence electrons. The van der Waals surface area contributed by atoms with Gasteiger partial charge in [0.05, 0.1) is 0 Å². The van der Waals surface area contributed by atoms with Crippen LogP contribution >= 0.6 is 0 Å². The smallest absolute Gasteiger partial charge is 0.254 e. The SMILES string of the molecule is CCN(CC)c1ccc(C(=O)N2CC[C@H]3CNC[C@H]32)cc1. The van der Waals surface area contributed by atoms with Crippen LogP contribution < -0.4 is 10.2 Å². The predicted molar refractivity (Wildman–Crippen MR) is 85.8 cm³/mol. The molecular formula is C17H25N3O. The molecule has 2 aliphatic rings. The minimum Gasteiger partial charge on any atom is -0.372 e. The number of nitrogens with zero attached hydrogens (tertiary/aromatic N) is 2. The molecule has 0 unspecified atom stereocenters. The summed E-state index contributed by atoms with van der Waals surface area (Å²) in [4.78, 5) is 17.1. The quantitative estimate of drug-likeness (QED) is 0.919. The van der Waals surface area contributed by atoms with E-state index in [1.165, 1.54) is 5.69 Å². The first kappa shape index (κ1) is 14.4. The number of benzene rings is 1. The summed E-state index contributed by atoms with van der Waals surface area (Å²) >= 11 is 0. The van der Waals surface area contributed by atoms with Gasteiger partial charge in [-0.1, -0.05) is 0 Å². The van der Waals surface area contributed by atoms with Crippen LogP contribution in [0.4, 0.5) is 5.69 Å². The van der Waals surface area contributed by atoms with Gasteiger partial charge in [0.15, 0.2) is 0 Å². The molecule has 2 aliphatic heterocycles. The first-order valence-corrected chi connectivity index (χ1v) is 8.11. The van der Waals surface area contributed by atoms with Crippen molar-refractivity contribution in [3.63, 3.8) is 0 Å². The second-order valence-electron chi connectivity index (χ2n) is 5.99. The third-order valence-electron chi connectivity index (χ3n) is 4.95. The zero-order valence-corrected chi connectivity index (χ0v) is 13.0. The average Bonchev–Trinajstić information content (AvgIpc) is 3.11. The number of amides is 1. The van der Waals surface area contributed by atoms with Gasteiger partial charge in [-0.15, -0.1) is 0 Å². The second-order valence-corrected chi connectivity index (χ2v) is 5.99. The Kier molecular flexibility index (Phi) is 4.15. The van der Waals surface area contributed by atoms with E-state index in [1.807, 2.05) is 12.1 Å². The molecule has 0 radical (unpaired) electrons. The monoisotopic (exact) mass is 287 g/mol. The lowest BCUT2D eigenvalue weighted by Gasteiger charge is -2.24. The number of carbonyl (C=O) groups is 1. The standard InChI is InChI=1S/C17H25N3O/c1-3-19(4-2)15-7-5-13(6-8-15)17(21)20-10-9-14-11-18-12-16(14)20/h5-8,14,16,18H,3-4,9-12H2,1-2H3/t14-,16+/m0/s1. The van der Waals surface area contributed by atoms with Gasteiger partial charge in [-0.2, -0.15) is 0 Å². The lowest BCUT2D eigenvalue weighted by Crippen LogP contribution is -2.39. The van der Waals surface area contributed by atoms with Crippen LogP contribution in [0.25, 0.3) is 0 Å². The van der Waals surface area contributed by atoms with Gasteiger partial charge < -0.3 is 15.1 Å². The number of hydrogen-bond acceptors (Lipinski definition) is 3. The maximum atomic E-state index is 12.7. The molecular weight excluding hydrogens is 262 g/mol. The van der Waals surface area contributed by atoms with Crippen LogP contribution in [-0.2, 0) is 0 Å². The van der Waals surface area contributed by atoms with Gasteiger partial charge in [-0.05, 0) is 50.5 Å². The molecule has 2 fully saturated rings. The van der Waals surface area contributed by atoms with Crippen molar-refractivity contribution in [2.45, 2.75) is 26.3 Å². The molecule has 0 aliphatic carbocycles. The molecule has 2 heterocycles. The molecule has 4 nitrogen and oxygen atoms in total. The highest BCUT2D eigenvalue weighted by atomic mass is 16.2. The molecule has 1 aromatic carbocycles. The molecule has 21 heavy (non-hydrogen) atoms. The highest BCUT2D eigenvalue weighted by molar-refractivity contribution is 5.95. The zero-order valence-electron chi connectivity index (χ0n) is 13.0. The van der Waals surface area contributed by atoms with Crippen molar-refractivity contribution in [1.82, 2.24) is 10.2 Å². The number of rotatable bonds is 4. The molecule has 4 heteroatoms. The highest BCUT2D eigenvalue weighted by Crippen LogP contribution is 2.28. The Labute approximate surface area is 127 Å². The van der Waals surface area contributed by atoms with Gasteiger partial charge in [0, 0.05) is 50.0 Å². The van der Waals surface area contributed by atoms with Gasteiger partial charge in [0.1, 0.15) is 0 Å². The van der Waals surface area contributed by atoms with Crippen LogP contribution in [0, 0.1) is 5.92 Å². The number of fused-ring (bicyclic) bond motifs is 1. The highest BCUT2D eigenvalue weighted by Gasteiger charge is 2.39. The van der Waals surface area contributed by atoms with Gasteiger partial charge in [0.2, 0.25) is 0 Å². The molecule has 0 saturated carbocycles. The van der Waals surface area contributed by atoms with Crippen LogP contribution in [0.1, 0.15) is 30.6 Å². The molecule has 0 aromatic heterocycles. The van der Waals surface area contributed by atoms with E-state index in [2.05, 4.69) is 41.1 Å². The van der Waals surface area contributed by atoms with Gasteiger partial charge in [-0.3, -0.25) is 4.79 Å². The first-order chi connectivity index (χ1) is 10.2. The minimum atomic E-state index is 0.192.